The lowest BCUT2D eigenvalue weighted by molar-refractivity contribution is -0.137. The molecule has 2 aromatic carbocycles. The first-order valence-electron chi connectivity index (χ1n) is 13.4. The lowest BCUT2D eigenvalue weighted by atomic mass is 10.1. The van der Waals surface area contributed by atoms with Crippen molar-refractivity contribution in [3.63, 3.8) is 0 Å². The van der Waals surface area contributed by atoms with E-state index >= 15 is 0 Å². The average Bonchev–Trinajstić information content (AvgIpc) is 3.44. The van der Waals surface area contributed by atoms with Gasteiger partial charge in [0, 0.05) is 11.3 Å². The summed E-state index contributed by atoms with van der Waals surface area (Å²) in [6, 6.07) is 14.0. The molecule has 0 spiro atoms. The van der Waals surface area contributed by atoms with E-state index in [4.69, 9.17) is 14.6 Å². The summed E-state index contributed by atoms with van der Waals surface area (Å²) < 4.78 is 12.4. The number of benzene rings is 2. The van der Waals surface area contributed by atoms with Crippen LogP contribution in [0.1, 0.15) is 57.1 Å². The standard InChI is InChI=1S/C29H37N3O5S/c1-4-32(5-2,17-16-28(33)34)23-13-10-21(11-14-23)19-31-29(35)38-20-25(30-31)22-12-15-26(36-3)27(18-22)37-24-8-6-7-9-24/h10-15,18,24H,4-9,16-17,19-20H2,1-3H3/p+1. The SMILES string of the molecule is CC[N+](CC)(CCC(=O)O)c1ccc(CN2N=C(c3ccc(OC)c(OC4CCCC4)c3)CSC2=O)cc1. The number of amides is 1. The van der Waals surface area contributed by atoms with E-state index in [1.807, 2.05) is 42.5 Å². The van der Waals surface area contributed by atoms with Crippen molar-refractivity contribution in [1.29, 1.82) is 0 Å². The van der Waals surface area contributed by atoms with Gasteiger partial charge >= 0.3 is 11.2 Å². The molecule has 1 saturated carbocycles. The first kappa shape index (κ1) is 28.0. The van der Waals surface area contributed by atoms with Gasteiger partial charge in [-0.1, -0.05) is 23.9 Å². The second kappa shape index (κ2) is 12.7. The topological polar surface area (TPSA) is 88.4 Å². The zero-order valence-corrected chi connectivity index (χ0v) is 23.3. The summed E-state index contributed by atoms with van der Waals surface area (Å²) in [4.78, 5) is 23.9. The molecule has 1 fully saturated rings. The van der Waals surface area contributed by atoms with Crippen LogP contribution >= 0.6 is 11.8 Å². The van der Waals surface area contributed by atoms with Crippen molar-refractivity contribution < 1.29 is 24.2 Å². The highest BCUT2D eigenvalue weighted by atomic mass is 32.2. The van der Waals surface area contributed by atoms with Crippen LogP contribution in [0.2, 0.25) is 0 Å². The number of ether oxygens (including phenoxy) is 2. The molecule has 9 heteroatoms. The lowest BCUT2D eigenvalue weighted by Gasteiger charge is -2.36. The van der Waals surface area contributed by atoms with Gasteiger partial charge in [0.2, 0.25) is 0 Å². The zero-order valence-electron chi connectivity index (χ0n) is 22.5. The fraction of sp³-hybridized carbons (Fsp3) is 0.483. The van der Waals surface area contributed by atoms with Crippen LogP contribution in [0.25, 0.3) is 0 Å². The van der Waals surface area contributed by atoms with E-state index in [0.29, 0.717) is 29.1 Å². The van der Waals surface area contributed by atoms with Crippen LogP contribution in [0.3, 0.4) is 0 Å². The van der Waals surface area contributed by atoms with Crippen LogP contribution in [-0.2, 0) is 11.3 Å². The molecule has 1 aliphatic heterocycles. The molecule has 4 rings (SSSR count). The Morgan fingerprint density at radius 3 is 2.45 bits per heavy atom. The fourth-order valence-corrected chi connectivity index (χ4v) is 5.97. The molecular formula is C29H38N3O5S+. The molecule has 0 aromatic heterocycles. The van der Waals surface area contributed by atoms with E-state index < -0.39 is 5.97 Å². The molecule has 2 aromatic rings. The number of hydrazone groups is 1. The number of aliphatic carboxylic acids is 1. The number of thioether (sulfide) groups is 1. The van der Waals surface area contributed by atoms with Crippen LogP contribution in [0.5, 0.6) is 11.5 Å². The first-order valence-corrected chi connectivity index (χ1v) is 14.4. The Morgan fingerprint density at radius 2 is 1.82 bits per heavy atom. The van der Waals surface area contributed by atoms with Gasteiger partial charge in [-0.05, 0) is 75.4 Å². The van der Waals surface area contributed by atoms with Gasteiger partial charge in [0.25, 0.3) is 0 Å². The van der Waals surface area contributed by atoms with Crippen LogP contribution in [0.4, 0.5) is 10.5 Å². The number of hydrogen-bond acceptors (Lipinski definition) is 6. The summed E-state index contributed by atoms with van der Waals surface area (Å²) in [6.07, 6.45) is 4.83. The zero-order chi connectivity index (χ0) is 27.1. The highest BCUT2D eigenvalue weighted by molar-refractivity contribution is 8.14. The maximum atomic E-state index is 12.7. The highest BCUT2D eigenvalue weighted by Crippen LogP contribution is 2.34. The van der Waals surface area contributed by atoms with Gasteiger partial charge in [0.05, 0.1) is 51.5 Å². The number of carbonyl (C=O) groups excluding carboxylic acids is 1. The number of nitrogens with zero attached hydrogens (tertiary/aromatic N) is 3. The maximum Gasteiger partial charge on any atom is 0.309 e. The van der Waals surface area contributed by atoms with Crippen molar-refractivity contribution in [2.24, 2.45) is 5.10 Å². The molecule has 1 amide bonds. The Balaban J connectivity index is 1.51. The average molecular weight is 541 g/mol. The summed E-state index contributed by atoms with van der Waals surface area (Å²) in [5.74, 6) is 1.14. The van der Waals surface area contributed by atoms with Gasteiger partial charge in [0.1, 0.15) is 5.69 Å². The summed E-state index contributed by atoms with van der Waals surface area (Å²) in [5.41, 5.74) is 3.80. The van der Waals surface area contributed by atoms with Crippen LogP contribution in [0.15, 0.2) is 47.6 Å². The van der Waals surface area contributed by atoms with Crippen LogP contribution in [-0.4, -0.2) is 65.6 Å². The van der Waals surface area contributed by atoms with E-state index in [2.05, 4.69) is 13.8 Å². The minimum atomic E-state index is -0.783. The van der Waals surface area contributed by atoms with Crippen LogP contribution in [0, 0.1) is 0 Å². The lowest BCUT2D eigenvalue weighted by Crippen LogP contribution is -2.50. The molecule has 0 bridgehead atoms. The summed E-state index contributed by atoms with van der Waals surface area (Å²) >= 11 is 1.25. The van der Waals surface area contributed by atoms with E-state index in [1.165, 1.54) is 29.6 Å². The molecular weight excluding hydrogens is 502 g/mol. The molecule has 0 unspecified atom stereocenters. The molecule has 1 aliphatic carbocycles. The van der Waals surface area contributed by atoms with E-state index in [-0.39, 0.29) is 17.8 Å². The second-order valence-corrected chi connectivity index (χ2v) is 10.8. The molecule has 8 nitrogen and oxygen atoms in total. The molecule has 38 heavy (non-hydrogen) atoms. The van der Waals surface area contributed by atoms with E-state index in [1.54, 1.807) is 7.11 Å². The summed E-state index contributed by atoms with van der Waals surface area (Å²) in [7, 11) is 1.65. The second-order valence-electron chi connectivity index (χ2n) is 9.86. The van der Waals surface area contributed by atoms with Gasteiger partial charge in [-0.2, -0.15) is 5.10 Å². The van der Waals surface area contributed by atoms with E-state index in [9.17, 15) is 14.7 Å². The number of hydrogen-bond donors (Lipinski definition) is 1. The smallest absolute Gasteiger partial charge is 0.309 e. The summed E-state index contributed by atoms with van der Waals surface area (Å²) in [5, 5.41) is 15.4. The predicted octanol–water partition coefficient (Wildman–Crippen LogP) is 5.91. The third kappa shape index (κ3) is 6.50. The predicted molar refractivity (Wildman–Crippen MR) is 152 cm³/mol. The van der Waals surface area contributed by atoms with Gasteiger partial charge in [-0.3, -0.25) is 14.1 Å². The Hall–Kier alpha value is -3.04. The first-order chi connectivity index (χ1) is 18.4. The number of carboxylic acids is 1. The van der Waals surface area contributed by atoms with Crippen molar-refractivity contribution in [2.75, 3.05) is 32.5 Å². The quantitative estimate of drug-likeness (QED) is 0.337. The van der Waals surface area contributed by atoms with Crippen molar-refractivity contribution >= 4 is 34.4 Å². The molecule has 0 radical (unpaired) electrons. The monoisotopic (exact) mass is 540 g/mol. The molecule has 1 N–H and O–H groups in total. The highest BCUT2D eigenvalue weighted by Gasteiger charge is 2.28. The minimum Gasteiger partial charge on any atom is -0.493 e. The fourth-order valence-electron chi connectivity index (χ4n) is 5.23. The number of quaternary nitrogens is 1. The maximum absolute atomic E-state index is 12.7. The van der Waals surface area contributed by atoms with Crippen molar-refractivity contribution in [2.45, 2.75) is 58.6 Å². The Morgan fingerprint density at radius 1 is 1.11 bits per heavy atom. The van der Waals surface area contributed by atoms with Gasteiger partial charge in [-0.15, -0.1) is 0 Å². The van der Waals surface area contributed by atoms with Gasteiger partial charge < -0.3 is 14.6 Å². The summed E-state index contributed by atoms with van der Waals surface area (Å²) in [6.45, 7) is 6.71. The van der Waals surface area contributed by atoms with E-state index in [0.717, 1.165) is 54.2 Å². The molecule has 0 atom stereocenters. The Bertz CT molecular complexity index is 1160. The third-order valence-electron chi connectivity index (χ3n) is 7.66. The molecule has 0 saturated heterocycles. The number of carbonyl (C=O) groups is 2. The van der Waals surface area contributed by atoms with Gasteiger partial charge in [-0.25, -0.2) is 5.01 Å². The number of carboxylic acid groups (broad SMARTS) is 1. The van der Waals surface area contributed by atoms with Crippen LogP contribution < -0.4 is 14.0 Å². The normalized spacial score (nSPS) is 16.4. The van der Waals surface area contributed by atoms with Crippen molar-refractivity contribution in [3.05, 3.63) is 53.6 Å². The minimum absolute atomic E-state index is 0.0810. The third-order valence-corrected chi connectivity index (χ3v) is 8.53. The number of methoxy groups -OCH3 is 1. The molecule has 2 aliphatic rings. The molecule has 204 valence electrons. The Kier molecular flexibility index (Phi) is 9.33. The number of rotatable bonds is 12. The van der Waals surface area contributed by atoms with Crippen molar-refractivity contribution in [1.82, 2.24) is 9.49 Å². The Labute approximate surface area is 229 Å². The largest absolute Gasteiger partial charge is 0.493 e. The van der Waals surface area contributed by atoms with Crippen molar-refractivity contribution in [3.8, 4) is 11.5 Å². The van der Waals surface area contributed by atoms with Gasteiger partial charge in [0.15, 0.2) is 11.5 Å². The molecule has 1 heterocycles.